The van der Waals surface area contributed by atoms with Crippen molar-refractivity contribution in [1.29, 1.82) is 5.41 Å². The van der Waals surface area contributed by atoms with Gasteiger partial charge >= 0.3 is 5.97 Å². The van der Waals surface area contributed by atoms with Crippen molar-refractivity contribution in [2.75, 3.05) is 7.11 Å². The molecule has 0 atom stereocenters. The number of hydrogen-bond donors (Lipinski definition) is 1. The maximum atomic E-state index is 12.7. The number of aliphatic imine (C=N–C) groups is 1. The lowest BCUT2D eigenvalue weighted by Gasteiger charge is -2.20. The molecule has 3 aromatic rings. The molecule has 0 aliphatic carbocycles. The van der Waals surface area contributed by atoms with E-state index in [1.807, 2.05) is 6.07 Å². The first-order valence-electron chi connectivity index (χ1n) is 10.5. The first-order valence-corrected chi connectivity index (χ1v) is 11.7. The Morgan fingerprint density at radius 3 is 2.78 bits per heavy atom. The topological polar surface area (TPSA) is 117 Å². The summed E-state index contributed by atoms with van der Waals surface area (Å²) >= 11 is 7.54. The van der Waals surface area contributed by atoms with Crippen LogP contribution < -0.4 is 9.47 Å². The summed E-state index contributed by atoms with van der Waals surface area (Å²) in [6.07, 6.45) is 4.79. The van der Waals surface area contributed by atoms with Crippen LogP contribution in [0.1, 0.15) is 21.5 Å². The van der Waals surface area contributed by atoms with Crippen molar-refractivity contribution in [1.82, 2.24) is 9.99 Å². The van der Waals surface area contributed by atoms with E-state index in [0.717, 1.165) is 5.56 Å². The molecule has 1 amide bonds. The van der Waals surface area contributed by atoms with Crippen molar-refractivity contribution in [3.63, 3.8) is 0 Å². The molecule has 1 N–H and O–H groups in total. The first-order chi connectivity index (χ1) is 17.4. The summed E-state index contributed by atoms with van der Waals surface area (Å²) in [6, 6.07) is 14.8. The second-order valence-electron chi connectivity index (χ2n) is 7.48. The third kappa shape index (κ3) is 4.64. The molecule has 0 radical (unpaired) electrons. The van der Waals surface area contributed by atoms with Crippen LogP contribution in [0.25, 0.3) is 6.08 Å². The summed E-state index contributed by atoms with van der Waals surface area (Å²) in [6.45, 7) is 0. The molecule has 0 saturated carbocycles. The highest BCUT2D eigenvalue weighted by molar-refractivity contribution is 8.27. The van der Waals surface area contributed by atoms with E-state index < -0.39 is 11.9 Å². The number of amidine groups is 2. The van der Waals surface area contributed by atoms with E-state index in [2.05, 4.69) is 15.1 Å². The summed E-state index contributed by atoms with van der Waals surface area (Å²) in [4.78, 5) is 33.3. The van der Waals surface area contributed by atoms with Crippen LogP contribution in [0.2, 0.25) is 5.02 Å². The molecule has 9 nitrogen and oxygen atoms in total. The van der Waals surface area contributed by atoms with Crippen LogP contribution in [0, 0.1) is 5.41 Å². The Hall–Kier alpha value is -4.28. The standard InChI is InChI=1S/C25H16ClN5O4S/c1-34-17-6-2-4-15(12-17)24(33)35-20-8-7-14(11-19(20)26)10-18-21(27)31-25(29-22(18)32)36-23(30-31)16-5-3-9-28-13-16/h2-13,27H,1H3/b18-10-,27-21?. The number of hydrazone groups is 1. The Labute approximate surface area is 214 Å². The molecule has 2 aliphatic heterocycles. The number of carbonyl (C=O) groups is 2. The Bertz CT molecular complexity index is 1500. The number of ether oxygens (including phenoxy) is 2. The molecule has 2 aromatic carbocycles. The third-order valence-electron chi connectivity index (χ3n) is 5.14. The lowest BCUT2D eigenvalue weighted by molar-refractivity contribution is -0.114. The Morgan fingerprint density at radius 1 is 1.17 bits per heavy atom. The molecule has 0 saturated heterocycles. The van der Waals surface area contributed by atoms with Crippen LogP contribution in [0.4, 0.5) is 0 Å². The number of halogens is 1. The van der Waals surface area contributed by atoms with Crippen molar-refractivity contribution < 1.29 is 19.1 Å². The van der Waals surface area contributed by atoms with E-state index in [-0.39, 0.29) is 22.2 Å². The average molecular weight is 518 g/mol. The van der Waals surface area contributed by atoms with Crippen molar-refractivity contribution in [3.05, 3.63) is 94.3 Å². The average Bonchev–Trinajstić information content (AvgIpc) is 3.33. The minimum atomic E-state index is -0.596. The number of pyridine rings is 1. The number of thioether (sulfide) groups is 1. The Balaban J connectivity index is 1.36. The van der Waals surface area contributed by atoms with Gasteiger partial charge in [-0.2, -0.15) is 15.1 Å². The highest BCUT2D eigenvalue weighted by atomic mass is 35.5. The second-order valence-corrected chi connectivity index (χ2v) is 8.84. The zero-order valence-electron chi connectivity index (χ0n) is 18.6. The highest BCUT2D eigenvalue weighted by Gasteiger charge is 2.36. The Morgan fingerprint density at radius 2 is 2.03 bits per heavy atom. The smallest absolute Gasteiger partial charge is 0.343 e. The molecular formula is C25H16ClN5O4S. The zero-order chi connectivity index (χ0) is 25.2. The predicted molar refractivity (Wildman–Crippen MR) is 138 cm³/mol. The van der Waals surface area contributed by atoms with Gasteiger partial charge in [0.25, 0.3) is 5.91 Å². The van der Waals surface area contributed by atoms with Crippen LogP contribution in [0.3, 0.4) is 0 Å². The lowest BCUT2D eigenvalue weighted by Crippen LogP contribution is -2.35. The molecular weight excluding hydrogens is 502 g/mol. The molecule has 3 heterocycles. The maximum absolute atomic E-state index is 12.7. The van der Waals surface area contributed by atoms with Crippen LogP contribution in [0.15, 0.2) is 82.7 Å². The van der Waals surface area contributed by atoms with E-state index in [4.69, 9.17) is 26.5 Å². The fraction of sp³-hybridized carbons (Fsp3) is 0.0400. The van der Waals surface area contributed by atoms with Crippen molar-refractivity contribution in [2.24, 2.45) is 10.1 Å². The molecule has 2 aliphatic rings. The third-order valence-corrected chi connectivity index (χ3v) is 6.39. The van der Waals surface area contributed by atoms with Gasteiger partial charge in [-0.3, -0.25) is 15.2 Å². The number of rotatable bonds is 5. The Kier molecular flexibility index (Phi) is 6.36. The fourth-order valence-corrected chi connectivity index (χ4v) is 4.47. The molecule has 0 spiro atoms. The van der Waals surface area contributed by atoms with Gasteiger partial charge < -0.3 is 9.47 Å². The van der Waals surface area contributed by atoms with Crippen LogP contribution in [0.5, 0.6) is 11.5 Å². The predicted octanol–water partition coefficient (Wildman–Crippen LogP) is 4.63. The van der Waals surface area contributed by atoms with Crippen molar-refractivity contribution in [2.45, 2.75) is 0 Å². The summed E-state index contributed by atoms with van der Waals surface area (Å²) in [7, 11) is 1.51. The summed E-state index contributed by atoms with van der Waals surface area (Å²) in [5.41, 5.74) is 1.64. The second kappa shape index (κ2) is 9.76. The minimum Gasteiger partial charge on any atom is -0.497 e. The zero-order valence-corrected chi connectivity index (χ0v) is 20.2. The molecule has 0 bridgehead atoms. The van der Waals surface area contributed by atoms with Gasteiger partial charge in [0.15, 0.2) is 5.84 Å². The van der Waals surface area contributed by atoms with Gasteiger partial charge in [-0.15, -0.1) is 0 Å². The van der Waals surface area contributed by atoms with E-state index >= 15 is 0 Å². The van der Waals surface area contributed by atoms with Gasteiger partial charge in [-0.1, -0.05) is 23.7 Å². The van der Waals surface area contributed by atoms with Crippen molar-refractivity contribution >= 4 is 57.4 Å². The van der Waals surface area contributed by atoms with Crippen LogP contribution in [-0.4, -0.2) is 45.0 Å². The van der Waals surface area contributed by atoms with Gasteiger partial charge in [0, 0.05) is 18.0 Å². The number of nitrogens with one attached hydrogen (secondary N) is 1. The van der Waals surface area contributed by atoms with Gasteiger partial charge in [0.2, 0.25) is 5.17 Å². The largest absolute Gasteiger partial charge is 0.497 e. The monoisotopic (exact) mass is 517 g/mol. The van der Waals surface area contributed by atoms with E-state index in [1.165, 1.54) is 42.1 Å². The SMILES string of the molecule is COc1cccc(C(=O)Oc2ccc(/C=C3/C(=N)N4N=C(c5cccnc5)SC4=NC3=O)cc2Cl)c1. The summed E-state index contributed by atoms with van der Waals surface area (Å²) in [5, 5.41) is 15.3. The number of benzene rings is 2. The molecule has 5 rings (SSSR count). The summed E-state index contributed by atoms with van der Waals surface area (Å²) < 4.78 is 10.5. The van der Waals surface area contributed by atoms with E-state index in [1.54, 1.807) is 48.8 Å². The van der Waals surface area contributed by atoms with Gasteiger partial charge in [0.1, 0.15) is 16.5 Å². The van der Waals surface area contributed by atoms with Crippen LogP contribution >= 0.6 is 23.4 Å². The molecule has 36 heavy (non-hydrogen) atoms. The number of aromatic nitrogens is 1. The van der Waals surface area contributed by atoms with E-state index in [0.29, 0.717) is 27.1 Å². The number of esters is 1. The quantitative estimate of drug-likeness (QED) is 0.298. The van der Waals surface area contributed by atoms with Crippen LogP contribution in [-0.2, 0) is 4.79 Å². The first kappa shape index (κ1) is 23.5. The number of fused-ring (bicyclic) bond motifs is 1. The number of amides is 1. The number of hydrogen-bond acceptors (Lipinski definition) is 8. The van der Waals surface area contributed by atoms with Gasteiger partial charge in [0.05, 0.1) is 23.3 Å². The molecule has 11 heteroatoms. The summed E-state index contributed by atoms with van der Waals surface area (Å²) in [5.74, 6) is -0.594. The highest BCUT2D eigenvalue weighted by Crippen LogP contribution is 2.32. The van der Waals surface area contributed by atoms with Crippen molar-refractivity contribution in [3.8, 4) is 11.5 Å². The van der Waals surface area contributed by atoms with Gasteiger partial charge in [-0.25, -0.2) is 4.79 Å². The maximum Gasteiger partial charge on any atom is 0.343 e. The normalized spacial score (nSPS) is 15.9. The van der Waals surface area contributed by atoms with Gasteiger partial charge in [-0.05, 0) is 65.9 Å². The lowest BCUT2D eigenvalue weighted by atomic mass is 10.1. The fourth-order valence-electron chi connectivity index (χ4n) is 3.36. The number of methoxy groups -OCH3 is 1. The van der Waals surface area contributed by atoms with E-state index in [9.17, 15) is 9.59 Å². The molecule has 0 unspecified atom stereocenters. The minimum absolute atomic E-state index is 0.0488. The molecule has 178 valence electrons. The molecule has 1 aromatic heterocycles. The molecule has 0 fully saturated rings. The number of nitrogens with zero attached hydrogens (tertiary/aromatic N) is 4. The number of carbonyl (C=O) groups excluding carboxylic acids is 2.